The van der Waals surface area contributed by atoms with Crippen LogP contribution in [0.4, 0.5) is 15.8 Å². The minimum atomic E-state index is -0.670. The molecule has 1 heterocycles. The van der Waals surface area contributed by atoms with E-state index in [2.05, 4.69) is 10.3 Å². The number of amidine groups is 1. The molecule has 4 rings (SSSR count). The van der Waals surface area contributed by atoms with Crippen LogP contribution in [0.1, 0.15) is 12.0 Å². The van der Waals surface area contributed by atoms with Crippen LogP contribution < -0.4 is 14.8 Å². The third-order valence-corrected chi connectivity index (χ3v) is 6.53. The molecule has 35 heavy (non-hydrogen) atoms. The van der Waals surface area contributed by atoms with Crippen molar-refractivity contribution < 1.29 is 23.5 Å². The first kappa shape index (κ1) is 24.3. The smallest absolute Gasteiger partial charge is 0.238 e. The highest BCUT2D eigenvalue weighted by Gasteiger charge is 2.36. The van der Waals surface area contributed by atoms with Crippen LogP contribution in [0.15, 0.2) is 77.8 Å². The molecule has 1 aliphatic rings. The average molecular weight is 494 g/mol. The molecule has 0 spiro atoms. The number of rotatable bonds is 7. The fourth-order valence-electron chi connectivity index (χ4n) is 3.43. The number of thioether (sulfide) groups is 1. The van der Waals surface area contributed by atoms with Crippen molar-refractivity contribution in [2.45, 2.75) is 18.2 Å². The van der Waals surface area contributed by atoms with Crippen molar-refractivity contribution in [3.05, 3.63) is 84.2 Å². The molecule has 1 saturated heterocycles. The number of benzene rings is 3. The summed E-state index contributed by atoms with van der Waals surface area (Å²) in [5.41, 5.74) is 1.96. The van der Waals surface area contributed by atoms with Crippen LogP contribution in [0.3, 0.4) is 0 Å². The molecule has 1 aliphatic heterocycles. The summed E-state index contributed by atoms with van der Waals surface area (Å²) < 4.78 is 23.7. The van der Waals surface area contributed by atoms with E-state index >= 15 is 0 Å². The number of aliphatic imine (C=N–C) groups is 1. The highest BCUT2D eigenvalue weighted by molar-refractivity contribution is 8.15. The van der Waals surface area contributed by atoms with Crippen LogP contribution in [-0.2, 0) is 16.1 Å². The lowest BCUT2D eigenvalue weighted by molar-refractivity contribution is -0.129. The first-order chi connectivity index (χ1) is 16.9. The number of carbonyl (C=O) groups excluding carboxylic acids is 2. The van der Waals surface area contributed by atoms with Crippen molar-refractivity contribution in [1.82, 2.24) is 4.90 Å². The van der Waals surface area contributed by atoms with Crippen LogP contribution in [0.5, 0.6) is 11.5 Å². The molecule has 0 saturated carbocycles. The predicted molar refractivity (Wildman–Crippen MR) is 135 cm³/mol. The Morgan fingerprint density at radius 3 is 2.20 bits per heavy atom. The Bertz CT molecular complexity index is 1210. The van der Waals surface area contributed by atoms with Gasteiger partial charge in [0.15, 0.2) is 5.17 Å². The zero-order chi connectivity index (χ0) is 24.8. The van der Waals surface area contributed by atoms with Gasteiger partial charge in [-0.1, -0.05) is 23.9 Å². The van der Waals surface area contributed by atoms with Gasteiger partial charge < -0.3 is 14.8 Å². The molecule has 1 N–H and O–H groups in total. The summed E-state index contributed by atoms with van der Waals surface area (Å²) >= 11 is 1.20. The van der Waals surface area contributed by atoms with Gasteiger partial charge in [0.2, 0.25) is 11.8 Å². The van der Waals surface area contributed by atoms with Gasteiger partial charge >= 0.3 is 0 Å². The number of carbonyl (C=O) groups is 2. The topological polar surface area (TPSA) is 80.2 Å². The number of hydrogen-bond acceptors (Lipinski definition) is 6. The summed E-state index contributed by atoms with van der Waals surface area (Å²) in [4.78, 5) is 32.3. The Kier molecular flexibility index (Phi) is 7.67. The van der Waals surface area contributed by atoms with Crippen LogP contribution >= 0.6 is 11.8 Å². The van der Waals surface area contributed by atoms with Crippen molar-refractivity contribution in [3.8, 4) is 11.5 Å². The summed E-state index contributed by atoms with van der Waals surface area (Å²) in [5, 5.41) is 2.55. The highest BCUT2D eigenvalue weighted by Crippen LogP contribution is 2.31. The Hall–Kier alpha value is -3.85. The van der Waals surface area contributed by atoms with Crippen molar-refractivity contribution in [2.24, 2.45) is 4.99 Å². The molecule has 0 aromatic heterocycles. The Balaban J connectivity index is 1.57. The number of hydrogen-bond donors (Lipinski definition) is 1. The van der Waals surface area contributed by atoms with E-state index in [1.807, 2.05) is 24.3 Å². The van der Waals surface area contributed by atoms with E-state index < -0.39 is 5.25 Å². The summed E-state index contributed by atoms with van der Waals surface area (Å²) in [6, 6.07) is 20.0. The monoisotopic (exact) mass is 493 g/mol. The second kappa shape index (κ2) is 11.1. The minimum absolute atomic E-state index is 0.0191. The molecule has 3 aromatic rings. The number of anilines is 1. The minimum Gasteiger partial charge on any atom is -0.497 e. The molecule has 180 valence electrons. The second-order valence-corrected chi connectivity index (χ2v) is 8.90. The molecular weight excluding hydrogens is 469 g/mol. The summed E-state index contributed by atoms with van der Waals surface area (Å²) in [5.74, 6) is 0.476. The standard InChI is InChI=1S/C26H24FN3O4S/c1-33-21-11-3-17(4-12-21)16-30-24(31)15-23(25(32)28-19-9-13-22(34-2)14-10-19)35-26(30)29-20-7-5-18(27)6-8-20/h3-14,23H,15-16H2,1-2H3,(H,28,32). The Morgan fingerprint density at radius 1 is 1.00 bits per heavy atom. The van der Waals surface area contributed by atoms with Gasteiger partial charge in [0.25, 0.3) is 0 Å². The van der Waals surface area contributed by atoms with Crippen molar-refractivity contribution in [2.75, 3.05) is 19.5 Å². The van der Waals surface area contributed by atoms with Gasteiger partial charge in [-0.25, -0.2) is 9.38 Å². The van der Waals surface area contributed by atoms with Gasteiger partial charge in [0, 0.05) is 12.1 Å². The highest BCUT2D eigenvalue weighted by atomic mass is 32.2. The Labute approximate surface area is 207 Å². The van der Waals surface area contributed by atoms with Crippen molar-refractivity contribution in [3.63, 3.8) is 0 Å². The first-order valence-electron chi connectivity index (χ1n) is 10.8. The zero-order valence-corrected chi connectivity index (χ0v) is 20.0. The quantitative estimate of drug-likeness (QED) is 0.501. The number of nitrogens with one attached hydrogen (secondary N) is 1. The van der Waals surface area contributed by atoms with Gasteiger partial charge in [-0.15, -0.1) is 0 Å². The molecule has 1 atom stereocenters. The number of ether oxygens (including phenoxy) is 2. The van der Waals surface area contributed by atoms with Crippen LogP contribution in [0.25, 0.3) is 0 Å². The largest absolute Gasteiger partial charge is 0.497 e. The van der Waals surface area contributed by atoms with Crippen LogP contribution in [-0.4, -0.2) is 41.4 Å². The molecular formula is C26H24FN3O4S. The SMILES string of the molecule is COc1ccc(CN2C(=O)CC(C(=O)Nc3ccc(OC)cc3)SC2=Nc2ccc(F)cc2)cc1. The van der Waals surface area contributed by atoms with E-state index in [1.54, 1.807) is 43.4 Å². The van der Waals surface area contributed by atoms with Gasteiger partial charge in [-0.2, -0.15) is 0 Å². The molecule has 2 amide bonds. The lowest BCUT2D eigenvalue weighted by Gasteiger charge is -2.32. The molecule has 9 heteroatoms. The lowest BCUT2D eigenvalue weighted by atomic mass is 10.2. The third kappa shape index (κ3) is 6.19. The van der Waals surface area contributed by atoms with Crippen LogP contribution in [0.2, 0.25) is 0 Å². The van der Waals surface area contributed by atoms with E-state index in [0.717, 1.165) is 5.56 Å². The maximum atomic E-state index is 13.4. The van der Waals surface area contributed by atoms with Gasteiger partial charge in [0.05, 0.1) is 26.5 Å². The average Bonchev–Trinajstić information content (AvgIpc) is 2.88. The first-order valence-corrected chi connectivity index (χ1v) is 11.7. The van der Waals surface area contributed by atoms with Gasteiger partial charge in [-0.05, 0) is 66.2 Å². The van der Waals surface area contributed by atoms with Gasteiger partial charge in [-0.3, -0.25) is 14.5 Å². The number of nitrogens with zero attached hydrogens (tertiary/aromatic N) is 2. The van der Waals surface area contributed by atoms with Crippen molar-refractivity contribution in [1.29, 1.82) is 0 Å². The van der Waals surface area contributed by atoms with Crippen molar-refractivity contribution >= 4 is 40.1 Å². The molecule has 7 nitrogen and oxygen atoms in total. The summed E-state index contributed by atoms with van der Waals surface area (Å²) in [6.45, 7) is 0.280. The number of methoxy groups -OCH3 is 2. The van der Waals surface area contributed by atoms with Crippen LogP contribution in [0, 0.1) is 5.82 Å². The van der Waals surface area contributed by atoms with E-state index in [9.17, 15) is 14.0 Å². The van der Waals surface area contributed by atoms with E-state index in [1.165, 1.54) is 36.0 Å². The fourth-order valence-corrected chi connectivity index (χ4v) is 4.53. The van der Waals surface area contributed by atoms with E-state index in [0.29, 0.717) is 28.0 Å². The number of amides is 2. The zero-order valence-electron chi connectivity index (χ0n) is 19.2. The van der Waals surface area contributed by atoms with Gasteiger partial charge in [0.1, 0.15) is 22.6 Å². The molecule has 0 radical (unpaired) electrons. The molecule has 1 fully saturated rings. The number of halogens is 1. The maximum Gasteiger partial charge on any atom is 0.238 e. The Morgan fingerprint density at radius 2 is 1.60 bits per heavy atom. The second-order valence-electron chi connectivity index (χ2n) is 7.73. The molecule has 1 unspecified atom stereocenters. The molecule has 0 aliphatic carbocycles. The van der Waals surface area contributed by atoms with E-state index in [-0.39, 0.29) is 30.6 Å². The molecule has 0 bridgehead atoms. The summed E-state index contributed by atoms with van der Waals surface area (Å²) in [6.07, 6.45) is 0.0191. The third-order valence-electron chi connectivity index (χ3n) is 5.34. The summed E-state index contributed by atoms with van der Waals surface area (Å²) in [7, 11) is 3.15. The van der Waals surface area contributed by atoms with E-state index in [4.69, 9.17) is 9.47 Å². The molecule has 3 aromatic carbocycles. The fraction of sp³-hybridized carbons (Fsp3) is 0.192. The predicted octanol–water partition coefficient (Wildman–Crippen LogP) is 5.00. The lowest BCUT2D eigenvalue weighted by Crippen LogP contribution is -2.44. The normalized spacial score (nSPS) is 16.8. The maximum absolute atomic E-state index is 13.4.